The lowest BCUT2D eigenvalue weighted by molar-refractivity contribution is -0.384. The molecule has 3 aromatic carbocycles. The van der Waals surface area contributed by atoms with E-state index < -0.39 is 16.5 Å². The van der Waals surface area contributed by atoms with E-state index in [1.165, 1.54) is 18.2 Å². The summed E-state index contributed by atoms with van der Waals surface area (Å²) in [6.07, 6.45) is 1.42. The first kappa shape index (κ1) is 21.6. The number of carbonyl (C=O) groups is 2. The monoisotopic (exact) mass is 437 g/mol. The van der Waals surface area contributed by atoms with E-state index in [-0.39, 0.29) is 11.3 Å². The maximum absolute atomic E-state index is 13.2. The normalized spacial score (nSPS) is 10.5. The van der Waals surface area contributed by atoms with Crippen molar-refractivity contribution in [3.05, 3.63) is 129 Å². The molecule has 4 aromatic rings. The van der Waals surface area contributed by atoms with Gasteiger partial charge in [0.1, 0.15) is 11.5 Å². The fraction of sp³-hybridized carbons (Fsp3) is 0.0370. The van der Waals surface area contributed by atoms with Crippen molar-refractivity contribution in [3.63, 3.8) is 0 Å². The van der Waals surface area contributed by atoms with E-state index in [9.17, 15) is 19.7 Å². The highest BCUT2D eigenvalue weighted by molar-refractivity contribution is 6.33. The molecule has 0 fully saturated rings. The van der Waals surface area contributed by atoms with E-state index in [2.05, 4.69) is 0 Å². The van der Waals surface area contributed by atoms with Gasteiger partial charge in [0.2, 0.25) is 0 Å². The minimum atomic E-state index is -0.470. The van der Waals surface area contributed by atoms with E-state index >= 15 is 0 Å². The Kier molecular flexibility index (Phi) is 6.09. The van der Waals surface area contributed by atoms with Crippen molar-refractivity contribution >= 4 is 23.3 Å². The number of nitro benzene ring substituents is 1. The van der Waals surface area contributed by atoms with E-state index in [0.717, 1.165) is 5.56 Å². The van der Waals surface area contributed by atoms with Gasteiger partial charge in [0.05, 0.1) is 10.5 Å². The Balaban J connectivity index is 1.77. The number of furan rings is 1. The number of benzene rings is 3. The predicted molar refractivity (Wildman–Crippen MR) is 125 cm³/mol. The van der Waals surface area contributed by atoms with Gasteiger partial charge in [0.25, 0.3) is 5.69 Å². The summed E-state index contributed by atoms with van der Waals surface area (Å²) >= 11 is 0. The minimum absolute atomic E-state index is 0.0379. The van der Waals surface area contributed by atoms with Crippen molar-refractivity contribution in [3.8, 4) is 11.3 Å². The smallest absolute Gasteiger partial charge is 0.270 e. The molecule has 0 N–H and O–H groups in total. The highest BCUT2D eigenvalue weighted by Gasteiger charge is 2.22. The second kappa shape index (κ2) is 9.28. The number of hydrogen-bond acceptors (Lipinski definition) is 5. The molecule has 162 valence electrons. The van der Waals surface area contributed by atoms with Crippen LogP contribution >= 0.6 is 0 Å². The molecule has 6 heteroatoms. The lowest BCUT2D eigenvalue weighted by Gasteiger charge is -2.06. The van der Waals surface area contributed by atoms with Crippen LogP contribution in [0.15, 0.2) is 101 Å². The van der Waals surface area contributed by atoms with Gasteiger partial charge in [-0.2, -0.15) is 0 Å². The number of rotatable bonds is 7. The molecule has 0 saturated heterocycles. The molecule has 4 rings (SSSR count). The Hall–Kier alpha value is -4.58. The average Bonchev–Trinajstić information content (AvgIpc) is 3.31. The first-order chi connectivity index (χ1) is 15.9. The van der Waals surface area contributed by atoms with E-state index in [1.807, 2.05) is 6.92 Å². The van der Waals surface area contributed by atoms with Crippen LogP contribution in [0.5, 0.6) is 0 Å². The zero-order valence-corrected chi connectivity index (χ0v) is 17.7. The summed E-state index contributed by atoms with van der Waals surface area (Å²) in [5.74, 6) is -0.150. The van der Waals surface area contributed by atoms with E-state index in [4.69, 9.17) is 4.42 Å². The van der Waals surface area contributed by atoms with Gasteiger partial charge in [0, 0.05) is 28.8 Å². The molecule has 0 atom stereocenters. The molecule has 0 bridgehead atoms. The van der Waals surface area contributed by atoms with Crippen molar-refractivity contribution in [1.82, 2.24) is 0 Å². The van der Waals surface area contributed by atoms with Gasteiger partial charge in [-0.3, -0.25) is 19.7 Å². The van der Waals surface area contributed by atoms with Gasteiger partial charge in [-0.15, -0.1) is 0 Å². The van der Waals surface area contributed by atoms with Crippen LogP contribution in [-0.2, 0) is 0 Å². The maximum atomic E-state index is 13.2. The number of Topliss-reactive ketones (excluding diaryl/α,β-unsaturated/α-hetero) is 2. The molecule has 1 heterocycles. The summed E-state index contributed by atoms with van der Waals surface area (Å²) in [5.41, 5.74) is 2.04. The van der Waals surface area contributed by atoms with Gasteiger partial charge in [-0.1, -0.05) is 66.7 Å². The summed E-state index contributed by atoms with van der Waals surface area (Å²) in [7, 11) is 0. The number of hydrogen-bond donors (Lipinski definition) is 0. The number of aryl methyl sites for hydroxylation is 1. The average molecular weight is 437 g/mol. The van der Waals surface area contributed by atoms with Crippen LogP contribution in [0.4, 0.5) is 5.69 Å². The molecule has 6 nitrogen and oxygen atoms in total. The third-order valence-electron chi connectivity index (χ3n) is 5.17. The highest BCUT2D eigenvalue weighted by Crippen LogP contribution is 2.30. The second-order valence-electron chi connectivity index (χ2n) is 7.41. The summed E-state index contributed by atoms with van der Waals surface area (Å²) in [5, 5.41) is 11.2. The Morgan fingerprint density at radius 3 is 1.94 bits per heavy atom. The molecule has 0 unspecified atom stereocenters. The largest absolute Gasteiger partial charge is 0.457 e. The van der Waals surface area contributed by atoms with Gasteiger partial charge in [-0.05, 0) is 30.7 Å². The Morgan fingerprint density at radius 1 is 0.818 bits per heavy atom. The van der Waals surface area contributed by atoms with Crippen molar-refractivity contribution in [2.45, 2.75) is 6.92 Å². The molecule has 0 aliphatic rings. The molecule has 0 amide bonds. The zero-order chi connectivity index (χ0) is 23.4. The maximum Gasteiger partial charge on any atom is 0.270 e. The van der Waals surface area contributed by atoms with Crippen molar-refractivity contribution in [2.24, 2.45) is 0 Å². The Morgan fingerprint density at radius 2 is 1.39 bits per heavy atom. The minimum Gasteiger partial charge on any atom is -0.457 e. The molecule has 33 heavy (non-hydrogen) atoms. The first-order valence-electron chi connectivity index (χ1n) is 10.2. The zero-order valence-electron chi connectivity index (χ0n) is 17.7. The molecular weight excluding hydrogens is 418 g/mol. The van der Waals surface area contributed by atoms with Gasteiger partial charge in [0.15, 0.2) is 11.6 Å². The van der Waals surface area contributed by atoms with Crippen LogP contribution in [0, 0.1) is 17.0 Å². The van der Waals surface area contributed by atoms with Crippen LogP contribution in [0.3, 0.4) is 0 Å². The molecular formula is C27H19NO5. The van der Waals surface area contributed by atoms with E-state index in [1.54, 1.807) is 78.9 Å². The fourth-order valence-electron chi connectivity index (χ4n) is 3.43. The van der Waals surface area contributed by atoms with Crippen LogP contribution in [-0.4, -0.2) is 16.5 Å². The highest BCUT2D eigenvalue weighted by atomic mass is 16.6. The number of non-ortho nitro benzene ring substituents is 1. The van der Waals surface area contributed by atoms with Crippen molar-refractivity contribution in [2.75, 3.05) is 0 Å². The lowest BCUT2D eigenvalue weighted by Crippen LogP contribution is -2.13. The summed E-state index contributed by atoms with van der Waals surface area (Å²) < 4.78 is 5.88. The van der Waals surface area contributed by atoms with Gasteiger partial charge in [-0.25, -0.2) is 0 Å². The molecule has 0 aliphatic heterocycles. The summed E-state index contributed by atoms with van der Waals surface area (Å²) in [6.45, 7) is 1.82. The Labute approximate surface area is 190 Å². The number of ketones is 2. The number of allylic oxidation sites excluding steroid dienone is 1. The molecule has 0 saturated carbocycles. The second-order valence-corrected chi connectivity index (χ2v) is 7.41. The van der Waals surface area contributed by atoms with Crippen LogP contribution in [0.1, 0.15) is 32.0 Å². The van der Waals surface area contributed by atoms with Crippen LogP contribution in [0.2, 0.25) is 0 Å². The predicted octanol–water partition coefficient (Wildman–Crippen LogP) is 6.31. The summed E-state index contributed by atoms with van der Waals surface area (Å²) in [4.78, 5) is 37.1. The van der Waals surface area contributed by atoms with Crippen molar-refractivity contribution in [1.29, 1.82) is 0 Å². The first-order valence-corrected chi connectivity index (χ1v) is 10.2. The quantitative estimate of drug-likeness (QED) is 0.0843. The number of nitro groups is 1. The third-order valence-corrected chi connectivity index (χ3v) is 5.17. The third kappa shape index (κ3) is 4.70. The van der Waals surface area contributed by atoms with Crippen LogP contribution in [0.25, 0.3) is 17.4 Å². The lowest BCUT2D eigenvalue weighted by atomic mass is 9.95. The molecule has 0 aliphatic carbocycles. The fourth-order valence-corrected chi connectivity index (χ4v) is 3.43. The summed E-state index contributed by atoms with van der Waals surface area (Å²) in [6, 6.07) is 24.9. The molecule has 0 spiro atoms. The van der Waals surface area contributed by atoms with Gasteiger partial charge >= 0.3 is 0 Å². The SMILES string of the molecule is Cc1ccc([N+](=O)[O-])cc1-c1ccc(C=C(C(=O)c2ccccc2)C(=O)c2ccccc2)o1. The molecule has 0 radical (unpaired) electrons. The standard InChI is InChI=1S/C27H19NO5/c1-18-12-13-21(28(31)32)16-23(18)25-15-14-22(33-25)17-24(26(29)19-8-4-2-5-9-19)27(30)20-10-6-3-7-11-20/h2-17H,1H3. The van der Waals surface area contributed by atoms with E-state index in [0.29, 0.717) is 28.2 Å². The van der Waals surface area contributed by atoms with Crippen molar-refractivity contribution < 1.29 is 18.9 Å². The Bertz CT molecular complexity index is 1310. The van der Waals surface area contributed by atoms with Gasteiger partial charge < -0.3 is 4.42 Å². The molecule has 1 aromatic heterocycles. The number of carbonyl (C=O) groups excluding carboxylic acids is 2. The number of nitrogens with zero attached hydrogens (tertiary/aromatic N) is 1. The van der Waals surface area contributed by atoms with Crippen LogP contribution < -0.4 is 0 Å². The topological polar surface area (TPSA) is 90.4 Å².